The number of hydrogen-bond acceptors (Lipinski definition) is 4. The summed E-state index contributed by atoms with van der Waals surface area (Å²) in [6.07, 6.45) is 3.78. The summed E-state index contributed by atoms with van der Waals surface area (Å²) in [5.74, 6) is -0.222. The van der Waals surface area contributed by atoms with E-state index >= 15 is 0 Å². The lowest BCUT2D eigenvalue weighted by Gasteiger charge is -2.18. The van der Waals surface area contributed by atoms with Crippen LogP contribution in [0.4, 0.5) is 11.4 Å². The molecule has 2 aromatic rings. The van der Waals surface area contributed by atoms with Crippen molar-refractivity contribution < 1.29 is 9.59 Å². The van der Waals surface area contributed by atoms with Crippen molar-refractivity contribution >= 4 is 35.6 Å². The third kappa shape index (κ3) is 4.42. The molecule has 3 N–H and O–H groups in total. The number of hydrogen-bond donors (Lipinski definition) is 3. The molecule has 0 saturated carbocycles. The van der Waals surface area contributed by atoms with Crippen molar-refractivity contribution in [2.75, 3.05) is 23.7 Å². The Hall–Kier alpha value is -2.38. The maximum Gasteiger partial charge on any atom is 0.229 e. The molecule has 8 heteroatoms. The Morgan fingerprint density at radius 3 is 2.69 bits per heavy atom. The zero-order chi connectivity index (χ0) is 18.0. The summed E-state index contributed by atoms with van der Waals surface area (Å²) in [7, 11) is 1.87. The van der Waals surface area contributed by atoms with Crippen LogP contribution >= 0.6 is 12.4 Å². The van der Waals surface area contributed by atoms with Crippen LogP contribution in [0.25, 0.3) is 0 Å². The van der Waals surface area contributed by atoms with E-state index in [0.29, 0.717) is 17.9 Å². The van der Waals surface area contributed by atoms with Crippen LogP contribution in [0, 0.1) is 12.8 Å². The average molecular weight is 378 g/mol. The molecule has 2 amide bonds. The Bertz CT molecular complexity index is 805. The van der Waals surface area contributed by atoms with Gasteiger partial charge in [-0.05, 0) is 30.2 Å². The van der Waals surface area contributed by atoms with E-state index in [-0.39, 0.29) is 36.1 Å². The van der Waals surface area contributed by atoms with Crippen molar-refractivity contribution in [2.45, 2.75) is 19.8 Å². The molecule has 2 atom stereocenters. The predicted octanol–water partition coefficient (Wildman–Crippen LogP) is 2.05. The van der Waals surface area contributed by atoms with Gasteiger partial charge in [0.15, 0.2) is 0 Å². The lowest BCUT2D eigenvalue weighted by Crippen LogP contribution is -2.28. The minimum Gasteiger partial charge on any atom is -0.326 e. The van der Waals surface area contributed by atoms with Crippen molar-refractivity contribution in [3.63, 3.8) is 0 Å². The number of amides is 2. The van der Waals surface area contributed by atoms with Crippen LogP contribution in [0.5, 0.6) is 0 Å². The Morgan fingerprint density at radius 1 is 1.27 bits per heavy atom. The van der Waals surface area contributed by atoms with E-state index in [2.05, 4.69) is 21.0 Å². The van der Waals surface area contributed by atoms with Crippen molar-refractivity contribution in [2.24, 2.45) is 13.0 Å². The van der Waals surface area contributed by atoms with E-state index in [1.54, 1.807) is 10.7 Å². The van der Waals surface area contributed by atoms with Crippen LogP contribution < -0.4 is 16.0 Å². The van der Waals surface area contributed by atoms with Gasteiger partial charge in [0.25, 0.3) is 0 Å². The molecular formula is C18H24ClN5O2. The van der Waals surface area contributed by atoms with Crippen LogP contribution in [0.15, 0.2) is 30.6 Å². The van der Waals surface area contributed by atoms with Crippen LogP contribution in [-0.4, -0.2) is 34.7 Å². The van der Waals surface area contributed by atoms with Gasteiger partial charge in [-0.2, -0.15) is 5.10 Å². The second-order valence-corrected chi connectivity index (χ2v) is 6.52. The Balaban J connectivity index is 0.00000243. The molecule has 1 aliphatic heterocycles. The first-order valence-electron chi connectivity index (χ1n) is 8.32. The molecule has 0 bridgehead atoms. The second-order valence-electron chi connectivity index (χ2n) is 6.52. The highest BCUT2D eigenvalue weighted by Crippen LogP contribution is 2.29. The van der Waals surface area contributed by atoms with Crippen molar-refractivity contribution in [3.8, 4) is 0 Å². The zero-order valence-corrected chi connectivity index (χ0v) is 15.9. The first kappa shape index (κ1) is 19.9. The fraction of sp³-hybridized carbons (Fsp3) is 0.389. The molecule has 0 spiro atoms. The van der Waals surface area contributed by atoms with Gasteiger partial charge in [0.05, 0.1) is 12.1 Å². The van der Waals surface area contributed by atoms with Gasteiger partial charge in [-0.15, -0.1) is 12.4 Å². The molecule has 1 aromatic heterocycles. The first-order chi connectivity index (χ1) is 11.9. The number of anilines is 2. The molecule has 0 radical (unpaired) electrons. The summed E-state index contributed by atoms with van der Waals surface area (Å²) < 4.78 is 1.75. The number of rotatable bonds is 4. The molecule has 1 saturated heterocycles. The topological polar surface area (TPSA) is 88.1 Å². The standard InChI is InChI=1S/C18H23N5O2.ClH/c1-11-4-5-14(21-12(2)24)6-17(11)22-18(25)16-9-19-8-15(16)13-7-20-23(3)10-13;/h4-7,10,15-16,19H,8-9H2,1-3H3,(H,21,24)(H,22,25);1H/t15-,16+;/m1./s1. The Morgan fingerprint density at radius 2 is 2.04 bits per heavy atom. The van der Waals surface area contributed by atoms with Crippen molar-refractivity contribution in [1.82, 2.24) is 15.1 Å². The highest BCUT2D eigenvalue weighted by molar-refractivity contribution is 5.96. The molecule has 7 nitrogen and oxygen atoms in total. The highest BCUT2D eigenvalue weighted by Gasteiger charge is 2.34. The van der Waals surface area contributed by atoms with Crippen molar-refractivity contribution in [1.29, 1.82) is 0 Å². The maximum absolute atomic E-state index is 12.8. The third-order valence-corrected chi connectivity index (χ3v) is 4.52. The van der Waals surface area contributed by atoms with Gasteiger partial charge in [-0.1, -0.05) is 6.07 Å². The molecule has 1 fully saturated rings. The van der Waals surface area contributed by atoms with Gasteiger partial charge < -0.3 is 16.0 Å². The summed E-state index contributed by atoms with van der Waals surface area (Å²) >= 11 is 0. The summed E-state index contributed by atoms with van der Waals surface area (Å²) in [5, 5.41) is 13.3. The normalized spacial score (nSPS) is 18.9. The van der Waals surface area contributed by atoms with Crippen molar-refractivity contribution in [3.05, 3.63) is 41.7 Å². The molecule has 0 aliphatic carbocycles. The SMILES string of the molecule is CC(=O)Nc1ccc(C)c(NC(=O)[C@H]2CNC[C@@H]2c2cnn(C)c2)c1.Cl. The fourth-order valence-corrected chi connectivity index (χ4v) is 3.20. The van der Waals surface area contributed by atoms with E-state index in [1.807, 2.05) is 38.5 Å². The fourth-order valence-electron chi connectivity index (χ4n) is 3.20. The van der Waals surface area contributed by atoms with E-state index in [1.165, 1.54) is 6.92 Å². The van der Waals surface area contributed by atoms with Gasteiger partial charge >= 0.3 is 0 Å². The number of aromatic nitrogens is 2. The lowest BCUT2D eigenvalue weighted by molar-refractivity contribution is -0.119. The number of carbonyl (C=O) groups excluding carboxylic acids is 2. The molecule has 0 unspecified atom stereocenters. The van der Waals surface area contributed by atoms with E-state index in [4.69, 9.17) is 0 Å². The maximum atomic E-state index is 12.8. The second kappa shape index (κ2) is 8.33. The predicted molar refractivity (Wildman–Crippen MR) is 104 cm³/mol. The number of nitrogens with zero attached hydrogens (tertiary/aromatic N) is 2. The molecule has 1 aromatic carbocycles. The molecule has 140 valence electrons. The molecule has 26 heavy (non-hydrogen) atoms. The smallest absolute Gasteiger partial charge is 0.229 e. The third-order valence-electron chi connectivity index (χ3n) is 4.52. The number of nitrogens with one attached hydrogen (secondary N) is 3. The first-order valence-corrected chi connectivity index (χ1v) is 8.32. The van der Waals surface area contributed by atoms with Gasteiger partial charge in [0, 0.05) is 50.6 Å². The number of carbonyl (C=O) groups is 2. The molecule has 2 heterocycles. The monoisotopic (exact) mass is 377 g/mol. The number of halogens is 1. The molecule has 1 aliphatic rings. The Labute approximate surface area is 159 Å². The number of aryl methyl sites for hydroxylation is 2. The lowest BCUT2D eigenvalue weighted by atomic mass is 9.90. The van der Waals surface area contributed by atoms with Gasteiger partial charge in [-0.3, -0.25) is 14.3 Å². The average Bonchev–Trinajstić information content (AvgIpc) is 3.18. The minimum absolute atomic E-state index is 0. The van der Waals surface area contributed by atoms with Gasteiger partial charge in [-0.25, -0.2) is 0 Å². The number of benzene rings is 1. The molecular weight excluding hydrogens is 354 g/mol. The minimum atomic E-state index is -0.159. The zero-order valence-electron chi connectivity index (χ0n) is 15.1. The quantitative estimate of drug-likeness (QED) is 0.760. The molecule has 3 rings (SSSR count). The van der Waals surface area contributed by atoms with E-state index < -0.39 is 0 Å². The van der Waals surface area contributed by atoms with Gasteiger partial charge in [0.2, 0.25) is 11.8 Å². The summed E-state index contributed by atoms with van der Waals surface area (Å²) in [5.41, 5.74) is 3.40. The van der Waals surface area contributed by atoms with Crippen LogP contribution in [-0.2, 0) is 16.6 Å². The van der Waals surface area contributed by atoms with Crippen LogP contribution in [0.1, 0.15) is 24.0 Å². The van der Waals surface area contributed by atoms with Gasteiger partial charge in [0.1, 0.15) is 0 Å². The highest BCUT2D eigenvalue weighted by atomic mass is 35.5. The summed E-state index contributed by atoms with van der Waals surface area (Å²) in [6.45, 7) is 4.78. The van der Waals surface area contributed by atoms with Crippen LogP contribution in [0.2, 0.25) is 0 Å². The Kier molecular flexibility index (Phi) is 6.39. The summed E-state index contributed by atoms with van der Waals surface area (Å²) in [6, 6.07) is 5.49. The van der Waals surface area contributed by atoms with E-state index in [9.17, 15) is 9.59 Å². The largest absolute Gasteiger partial charge is 0.326 e. The summed E-state index contributed by atoms with van der Waals surface area (Å²) in [4.78, 5) is 24.1. The van der Waals surface area contributed by atoms with E-state index in [0.717, 1.165) is 17.7 Å². The van der Waals surface area contributed by atoms with Crippen LogP contribution in [0.3, 0.4) is 0 Å².